The van der Waals surface area contributed by atoms with Crippen molar-refractivity contribution in [2.75, 3.05) is 20.0 Å². The van der Waals surface area contributed by atoms with Crippen LogP contribution in [0.5, 0.6) is 0 Å². The van der Waals surface area contributed by atoms with Crippen LogP contribution < -0.4 is 22.1 Å². The average Bonchev–Trinajstić information content (AvgIpc) is 1.69. The molecule has 0 spiro atoms. The zero-order valence-electron chi connectivity index (χ0n) is 4.28. The van der Waals surface area contributed by atoms with Crippen molar-refractivity contribution in [1.29, 1.82) is 0 Å². The van der Waals surface area contributed by atoms with Crippen LogP contribution in [0.15, 0.2) is 0 Å². The number of rotatable bonds is 4. The van der Waals surface area contributed by atoms with Gasteiger partial charge in [-0.15, -0.1) is 0 Å². The maximum absolute atomic E-state index is 5.08. The van der Waals surface area contributed by atoms with Gasteiger partial charge in [0.25, 0.3) is 0 Å². The Morgan fingerprint density at radius 1 is 1.00 bits per heavy atom. The molecule has 0 aromatic rings. The zero-order chi connectivity index (χ0) is 5.54. The molecule has 0 heterocycles. The molecule has 0 radical (unpaired) electrons. The predicted octanol–water partition coefficient (Wildman–Crippen LogP) is -2.04. The molecule has 0 saturated heterocycles. The van der Waals surface area contributed by atoms with Gasteiger partial charge < -0.3 is 11.5 Å². The Hall–Kier alpha value is -0.160. The molecule has 0 fully saturated rings. The van der Waals surface area contributed by atoms with Crippen molar-refractivity contribution in [3.8, 4) is 0 Å². The molecule has 0 unspecified atom stereocenters. The molecule has 6 N–H and O–H groups in total. The van der Waals surface area contributed by atoms with Gasteiger partial charge in [0.2, 0.25) is 0 Å². The minimum absolute atomic E-state index is 0.493. The third-order valence-corrected chi connectivity index (χ3v) is 0.539. The maximum atomic E-state index is 5.08. The fourth-order valence-electron chi connectivity index (χ4n) is 0.233. The topological polar surface area (TPSA) is 76.1 Å². The van der Waals surface area contributed by atoms with Crippen LogP contribution in [0, 0.1) is 0 Å². The Bertz CT molecular complexity index is 26.1. The Morgan fingerprint density at radius 2 is 1.43 bits per heavy atom. The van der Waals surface area contributed by atoms with Gasteiger partial charge >= 0.3 is 0 Å². The van der Waals surface area contributed by atoms with Gasteiger partial charge in [-0.05, 0) is 0 Å². The molecule has 0 atom stereocenters. The summed E-state index contributed by atoms with van der Waals surface area (Å²) in [4.78, 5) is 0. The summed E-state index contributed by atoms with van der Waals surface area (Å²) in [5, 5.41) is 5.67. The third kappa shape index (κ3) is 5.84. The maximum Gasteiger partial charge on any atom is 0.0474 e. The highest BCUT2D eigenvalue weighted by molar-refractivity contribution is 4.34. The number of hydrogen-bond donors (Lipinski definition) is 4. The lowest BCUT2D eigenvalue weighted by molar-refractivity contribution is 0.601. The van der Waals surface area contributed by atoms with E-state index in [9.17, 15) is 0 Å². The lowest BCUT2D eigenvalue weighted by Gasteiger charge is -1.98. The normalized spacial score (nSPS) is 9.43. The largest absolute Gasteiger partial charge is 0.318 e. The van der Waals surface area contributed by atoms with E-state index < -0.39 is 0 Å². The summed E-state index contributed by atoms with van der Waals surface area (Å²) < 4.78 is 0. The van der Waals surface area contributed by atoms with E-state index in [2.05, 4.69) is 10.6 Å². The molecule has 4 nitrogen and oxygen atoms in total. The summed E-state index contributed by atoms with van der Waals surface area (Å²) in [6.45, 7) is 1.67. The molecule has 0 aliphatic heterocycles. The first kappa shape index (κ1) is 6.84. The van der Waals surface area contributed by atoms with E-state index in [1.54, 1.807) is 0 Å². The summed E-state index contributed by atoms with van der Waals surface area (Å²) in [7, 11) is 0. The predicted molar refractivity (Wildman–Crippen MR) is 29.2 cm³/mol. The molecule has 4 heteroatoms. The highest BCUT2D eigenvalue weighted by atomic mass is 15.1. The van der Waals surface area contributed by atoms with Gasteiger partial charge in [0, 0.05) is 20.0 Å². The Kier molecular flexibility index (Phi) is 5.71. The monoisotopic (exact) mass is 104 g/mol. The van der Waals surface area contributed by atoms with Gasteiger partial charge in [0.1, 0.15) is 0 Å². The van der Waals surface area contributed by atoms with Crippen LogP contribution in [0.4, 0.5) is 0 Å². The molecule has 0 bridgehead atoms. The molecular formula is C3H12N4. The third-order valence-electron chi connectivity index (χ3n) is 0.539. The Morgan fingerprint density at radius 3 is 1.71 bits per heavy atom. The summed E-state index contributed by atoms with van der Waals surface area (Å²) in [5.74, 6) is 0. The minimum atomic E-state index is 0.493. The van der Waals surface area contributed by atoms with E-state index in [4.69, 9.17) is 11.5 Å². The first-order valence-electron chi connectivity index (χ1n) is 2.23. The van der Waals surface area contributed by atoms with Crippen LogP contribution in [-0.4, -0.2) is 20.0 Å². The fourth-order valence-corrected chi connectivity index (χ4v) is 0.233. The van der Waals surface area contributed by atoms with Gasteiger partial charge in [-0.2, -0.15) is 0 Å². The number of nitrogens with two attached hydrogens (primary N) is 2. The van der Waals surface area contributed by atoms with Gasteiger partial charge in [0.15, 0.2) is 0 Å². The standard InChI is InChI=1S/C3H12N4/c4-1-6-3-7-2-5/h6-7H,1-5H2. The Labute approximate surface area is 43.2 Å². The van der Waals surface area contributed by atoms with Crippen molar-refractivity contribution in [3.05, 3.63) is 0 Å². The smallest absolute Gasteiger partial charge is 0.0474 e. The molecule has 0 saturated carbocycles. The molecular weight excluding hydrogens is 92.1 g/mol. The summed E-state index contributed by atoms with van der Waals surface area (Å²) in [5.41, 5.74) is 10.2. The first-order valence-corrected chi connectivity index (χ1v) is 2.23. The molecule has 0 amide bonds. The van der Waals surface area contributed by atoms with Gasteiger partial charge in [0.05, 0.1) is 0 Å². The van der Waals surface area contributed by atoms with E-state index in [0.29, 0.717) is 20.0 Å². The van der Waals surface area contributed by atoms with Crippen LogP contribution in [0.2, 0.25) is 0 Å². The quantitative estimate of drug-likeness (QED) is 0.245. The van der Waals surface area contributed by atoms with Crippen molar-refractivity contribution >= 4 is 0 Å². The lowest BCUT2D eigenvalue weighted by atomic mass is 10.9. The van der Waals surface area contributed by atoms with Crippen molar-refractivity contribution < 1.29 is 0 Å². The number of hydrogen-bond acceptors (Lipinski definition) is 4. The van der Waals surface area contributed by atoms with Crippen LogP contribution >= 0.6 is 0 Å². The minimum Gasteiger partial charge on any atom is -0.318 e. The molecule has 0 rings (SSSR count). The van der Waals surface area contributed by atoms with E-state index in [1.165, 1.54) is 0 Å². The van der Waals surface area contributed by atoms with Crippen LogP contribution in [0.3, 0.4) is 0 Å². The molecule has 0 aliphatic carbocycles. The van der Waals surface area contributed by atoms with Crippen molar-refractivity contribution in [2.24, 2.45) is 11.5 Å². The lowest BCUT2D eigenvalue weighted by Crippen LogP contribution is -2.35. The van der Waals surface area contributed by atoms with Crippen LogP contribution in [0.25, 0.3) is 0 Å². The second-order valence-electron chi connectivity index (χ2n) is 1.09. The van der Waals surface area contributed by atoms with Crippen molar-refractivity contribution in [1.82, 2.24) is 10.6 Å². The van der Waals surface area contributed by atoms with Gasteiger partial charge in [-0.25, -0.2) is 0 Å². The van der Waals surface area contributed by atoms with Gasteiger partial charge in [-0.3, -0.25) is 10.6 Å². The summed E-state index contributed by atoms with van der Waals surface area (Å²) >= 11 is 0. The average molecular weight is 104 g/mol. The molecule has 0 aromatic heterocycles. The molecule has 44 valence electrons. The van der Waals surface area contributed by atoms with Crippen molar-refractivity contribution in [3.63, 3.8) is 0 Å². The molecule has 0 aromatic carbocycles. The van der Waals surface area contributed by atoms with E-state index in [1.807, 2.05) is 0 Å². The highest BCUT2D eigenvalue weighted by Crippen LogP contribution is 1.39. The second-order valence-corrected chi connectivity index (χ2v) is 1.09. The highest BCUT2D eigenvalue weighted by Gasteiger charge is 1.73. The second kappa shape index (κ2) is 5.84. The summed E-state index contributed by atoms with van der Waals surface area (Å²) in [6, 6.07) is 0. The van der Waals surface area contributed by atoms with E-state index in [-0.39, 0.29) is 0 Å². The van der Waals surface area contributed by atoms with Crippen LogP contribution in [0.1, 0.15) is 0 Å². The first-order chi connectivity index (χ1) is 3.41. The summed E-state index contributed by atoms with van der Waals surface area (Å²) in [6.07, 6.45) is 0. The number of nitrogens with one attached hydrogen (secondary N) is 2. The zero-order valence-corrected chi connectivity index (χ0v) is 4.28. The van der Waals surface area contributed by atoms with Gasteiger partial charge in [-0.1, -0.05) is 0 Å². The molecule has 0 aliphatic rings. The Balaban J connectivity index is 2.45. The van der Waals surface area contributed by atoms with Crippen LogP contribution in [-0.2, 0) is 0 Å². The van der Waals surface area contributed by atoms with E-state index in [0.717, 1.165) is 0 Å². The SMILES string of the molecule is NCNCNCN. The van der Waals surface area contributed by atoms with E-state index >= 15 is 0 Å². The van der Waals surface area contributed by atoms with Crippen molar-refractivity contribution in [2.45, 2.75) is 0 Å². The molecule has 7 heavy (non-hydrogen) atoms. The fraction of sp³-hybridized carbons (Fsp3) is 1.00.